The highest BCUT2D eigenvalue weighted by molar-refractivity contribution is 5.85. The number of hydrogen-bond donors (Lipinski definition) is 0. The summed E-state index contributed by atoms with van der Waals surface area (Å²) in [6.45, 7) is 0. The van der Waals surface area contributed by atoms with Gasteiger partial charge in [-0.05, 0) is 67.4 Å². The summed E-state index contributed by atoms with van der Waals surface area (Å²) in [5, 5.41) is 0. The standard InChI is InChI=1S/C22H26O5/c1-25-14-6-7-15-13(11-14)12-17(20(23)26-2)19-16(15)8-10-22(21(24)27-3)9-4-5-18(19)22/h6-7,11,16-17H,4-5,8-10,12H2,1-3H3/t16-,17+,22-/m1/s1. The molecule has 0 heterocycles. The first-order chi connectivity index (χ1) is 13.1. The molecule has 144 valence electrons. The molecule has 0 aliphatic heterocycles. The van der Waals surface area contributed by atoms with E-state index < -0.39 is 5.41 Å². The van der Waals surface area contributed by atoms with Crippen molar-refractivity contribution in [2.24, 2.45) is 11.3 Å². The van der Waals surface area contributed by atoms with Gasteiger partial charge in [0.1, 0.15) is 5.75 Å². The van der Waals surface area contributed by atoms with Crippen LogP contribution in [0.2, 0.25) is 0 Å². The lowest BCUT2D eigenvalue weighted by Gasteiger charge is -2.43. The van der Waals surface area contributed by atoms with E-state index >= 15 is 0 Å². The zero-order valence-electron chi connectivity index (χ0n) is 16.2. The number of methoxy groups -OCH3 is 3. The van der Waals surface area contributed by atoms with E-state index in [2.05, 4.69) is 6.07 Å². The summed E-state index contributed by atoms with van der Waals surface area (Å²) in [6, 6.07) is 6.13. The summed E-state index contributed by atoms with van der Waals surface area (Å²) in [7, 11) is 4.55. The molecule has 0 bridgehead atoms. The number of fused-ring (bicyclic) bond motifs is 4. The Bertz CT molecular complexity index is 824. The summed E-state index contributed by atoms with van der Waals surface area (Å²) in [6.07, 6.45) is 4.85. The van der Waals surface area contributed by atoms with Gasteiger partial charge >= 0.3 is 11.9 Å². The highest BCUT2D eigenvalue weighted by atomic mass is 16.5. The highest BCUT2D eigenvalue weighted by Crippen LogP contribution is 2.59. The first-order valence-electron chi connectivity index (χ1n) is 9.62. The molecule has 0 amide bonds. The lowest BCUT2D eigenvalue weighted by Crippen LogP contribution is -2.40. The molecular weight excluding hydrogens is 344 g/mol. The number of esters is 2. The summed E-state index contributed by atoms with van der Waals surface area (Å²) < 4.78 is 15.7. The van der Waals surface area contributed by atoms with Crippen molar-refractivity contribution in [2.75, 3.05) is 21.3 Å². The number of rotatable bonds is 3. The number of ether oxygens (including phenoxy) is 3. The van der Waals surface area contributed by atoms with Crippen LogP contribution in [0, 0.1) is 11.3 Å². The molecule has 1 aromatic carbocycles. The minimum Gasteiger partial charge on any atom is -0.497 e. The monoisotopic (exact) mass is 370 g/mol. The van der Waals surface area contributed by atoms with Crippen LogP contribution in [-0.2, 0) is 25.5 Å². The van der Waals surface area contributed by atoms with Crippen molar-refractivity contribution in [1.82, 2.24) is 0 Å². The van der Waals surface area contributed by atoms with Crippen molar-refractivity contribution in [3.63, 3.8) is 0 Å². The van der Waals surface area contributed by atoms with Gasteiger partial charge in [0.25, 0.3) is 0 Å². The van der Waals surface area contributed by atoms with E-state index in [9.17, 15) is 9.59 Å². The summed E-state index contributed by atoms with van der Waals surface area (Å²) in [5.74, 6) is 0.259. The highest BCUT2D eigenvalue weighted by Gasteiger charge is 2.53. The zero-order valence-corrected chi connectivity index (χ0v) is 16.2. The average Bonchev–Trinajstić information content (AvgIpc) is 3.16. The molecule has 3 aliphatic carbocycles. The molecule has 27 heavy (non-hydrogen) atoms. The third-order valence-corrected chi connectivity index (χ3v) is 6.78. The number of hydrogen-bond acceptors (Lipinski definition) is 5. The third-order valence-electron chi connectivity index (χ3n) is 6.78. The maximum absolute atomic E-state index is 12.7. The molecule has 0 saturated heterocycles. The Morgan fingerprint density at radius 2 is 1.93 bits per heavy atom. The van der Waals surface area contributed by atoms with Crippen molar-refractivity contribution in [1.29, 1.82) is 0 Å². The number of benzene rings is 1. The van der Waals surface area contributed by atoms with E-state index in [-0.39, 0.29) is 23.8 Å². The molecule has 3 aliphatic rings. The van der Waals surface area contributed by atoms with Crippen molar-refractivity contribution < 1.29 is 23.8 Å². The molecule has 5 heteroatoms. The Hall–Kier alpha value is -2.30. The van der Waals surface area contributed by atoms with E-state index in [1.165, 1.54) is 19.8 Å². The SMILES string of the molecule is COC(=O)[C@H]1Cc2cc(OC)ccc2[C@H]2CC[C@]3(C(=O)OC)CCCC3=C12. The minimum absolute atomic E-state index is 0.148. The molecule has 0 radical (unpaired) electrons. The van der Waals surface area contributed by atoms with Crippen LogP contribution in [-0.4, -0.2) is 33.3 Å². The van der Waals surface area contributed by atoms with Crippen LogP contribution in [0.4, 0.5) is 0 Å². The van der Waals surface area contributed by atoms with Gasteiger partial charge in [0, 0.05) is 5.92 Å². The van der Waals surface area contributed by atoms with Gasteiger partial charge in [0.05, 0.1) is 32.7 Å². The van der Waals surface area contributed by atoms with Crippen molar-refractivity contribution in [3.05, 3.63) is 40.5 Å². The van der Waals surface area contributed by atoms with Gasteiger partial charge in [-0.2, -0.15) is 0 Å². The van der Waals surface area contributed by atoms with Crippen LogP contribution in [0.3, 0.4) is 0 Å². The second-order valence-electron chi connectivity index (χ2n) is 7.80. The minimum atomic E-state index is -0.545. The summed E-state index contributed by atoms with van der Waals surface area (Å²) in [4.78, 5) is 25.4. The molecule has 0 spiro atoms. The molecule has 1 fully saturated rings. The normalized spacial score (nSPS) is 28.7. The number of carbonyl (C=O) groups is 2. The molecule has 3 atom stereocenters. The van der Waals surface area contributed by atoms with Gasteiger partial charge in [-0.15, -0.1) is 0 Å². The molecule has 0 unspecified atom stereocenters. The molecule has 0 aromatic heterocycles. The predicted molar refractivity (Wildman–Crippen MR) is 99.5 cm³/mol. The maximum atomic E-state index is 12.7. The lowest BCUT2D eigenvalue weighted by molar-refractivity contribution is -0.151. The quantitative estimate of drug-likeness (QED) is 0.601. The lowest BCUT2D eigenvalue weighted by atomic mass is 9.60. The fraction of sp³-hybridized carbons (Fsp3) is 0.545. The average molecular weight is 370 g/mol. The Labute approximate surface area is 159 Å². The van der Waals surface area contributed by atoms with Gasteiger partial charge in [-0.1, -0.05) is 11.6 Å². The van der Waals surface area contributed by atoms with Crippen LogP contribution in [0.25, 0.3) is 0 Å². The third kappa shape index (κ3) is 2.59. The first-order valence-corrected chi connectivity index (χ1v) is 9.62. The van der Waals surface area contributed by atoms with Crippen molar-refractivity contribution >= 4 is 11.9 Å². The van der Waals surface area contributed by atoms with Crippen LogP contribution in [0.5, 0.6) is 5.75 Å². The molecular formula is C22H26O5. The van der Waals surface area contributed by atoms with E-state index in [4.69, 9.17) is 14.2 Å². The van der Waals surface area contributed by atoms with Gasteiger partial charge < -0.3 is 14.2 Å². The molecule has 4 rings (SSSR count). The first kappa shape index (κ1) is 18.1. The molecule has 1 saturated carbocycles. The Morgan fingerprint density at radius 1 is 1.11 bits per heavy atom. The smallest absolute Gasteiger partial charge is 0.315 e. The fourth-order valence-corrected chi connectivity index (χ4v) is 5.62. The summed E-state index contributed by atoms with van der Waals surface area (Å²) >= 11 is 0. The van der Waals surface area contributed by atoms with Crippen LogP contribution in [0.1, 0.15) is 49.1 Å². The van der Waals surface area contributed by atoms with E-state index in [0.29, 0.717) is 6.42 Å². The van der Waals surface area contributed by atoms with Crippen LogP contribution >= 0.6 is 0 Å². The fourth-order valence-electron chi connectivity index (χ4n) is 5.62. The van der Waals surface area contributed by atoms with E-state index in [1.807, 2.05) is 12.1 Å². The van der Waals surface area contributed by atoms with E-state index in [0.717, 1.165) is 54.6 Å². The Kier molecular flexibility index (Phi) is 4.49. The van der Waals surface area contributed by atoms with Gasteiger partial charge in [0.15, 0.2) is 0 Å². The Balaban J connectivity index is 1.90. The van der Waals surface area contributed by atoms with E-state index in [1.54, 1.807) is 7.11 Å². The molecule has 5 nitrogen and oxygen atoms in total. The van der Waals surface area contributed by atoms with Crippen LogP contribution in [0.15, 0.2) is 29.3 Å². The predicted octanol–water partition coefficient (Wildman–Crippen LogP) is 3.56. The second-order valence-corrected chi connectivity index (χ2v) is 7.80. The second kappa shape index (κ2) is 6.70. The number of carbonyl (C=O) groups excluding carboxylic acids is 2. The van der Waals surface area contributed by atoms with Gasteiger partial charge in [0.2, 0.25) is 0 Å². The molecule has 1 aromatic rings. The van der Waals surface area contributed by atoms with Gasteiger partial charge in [-0.25, -0.2) is 0 Å². The summed E-state index contributed by atoms with van der Waals surface area (Å²) in [5.41, 5.74) is 4.11. The Morgan fingerprint density at radius 3 is 2.63 bits per heavy atom. The zero-order chi connectivity index (χ0) is 19.2. The van der Waals surface area contributed by atoms with Crippen LogP contribution < -0.4 is 4.74 Å². The molecule has 0 N–H and O–H groups in total. The van der Waals surface area contributed by atoms with Gasteiger partial charge in [-0.3, -0.25) is 9.59 Å². The largest absolute Gasteiger partial charge is 0.497 e. The topological polar surface area (TPSA) is 61.8 Å². The van der Waals surface area contributed by atoms with Crippen molar-refractivity contribution in [3.8, 4) is 5.75 Å². The van der Waals surface area contributed by atoms with Crippen molar-refractivity contribution in [2.45, 2.75) is 44.4 Å². The maximum Gasteiger partial charge on any atom is 0.315 e.